The van der Waals surface area contributed by atoms with E-state index in [0.717, 1.165) is 74.1 Å². The average Bonchev–Trinajstić information content (AvgIpc) is 3.50. The van der Waals surface area contributed by atoms with Crippen LogP contribution in [-0.4, -0.2) is 81.8 Å². The summed E-state index contributed by atoms with van der Waals surface area (Å²) in [5, 5.41) is 10.8. The van der Waals surface area contributed by atoms with Crippen LogP contribution in [0.1, 0.15) is 23.1 Å². The molecule has 0 saturated carbocycles. The lowest BCUT2D eigenvalue weighted by Gasteiger charge is -2.33. The first-order valence-electron chi connectivity index (χ1n) is 14.8. The topological polar surface area (TPSA) is 85.5 Å². The number of morpholine rings is 2. The van der Waals surface area contributed by atoms with E-state index in [9.17, 15) is 0 Å². The van der Waals surface area contributed by atoms with Crippen molar-refractivity contribution < 1.29 is 9.47 Å². The van der Waals surface area contributed by atoms with Crippen molar-refractivity contribution in [2.45, 2.75) is 19.4 Å². The molecular weight excluding hydrogens is 528 g/mol. The molecule has 0 spiro atoms. The van der Waals surface area contributed by atoms with Gasteiger partial charge in [0.05, 0.1) is 43.1 Å². The molecule has 2 fully saturated rings. The van der Waals surface area contributed by atoms with Crippen LogP contribution >= 0.6 is 0 Å². The van der Waals surface area contributed by atoms with Gasteiger partial charge in [0, 0.05) is 69.7 Å². The minimum Gasteiger partial charge on any atom is -0.379 e. The Morgan fingerprint density at radius 2 is 1.83 bits per heavy atom. The Bertz CT molecular complexity index is 1720. The maximum atomic E-state index is 6.25. The van der Waals surface area contributed by atoms with Gasteiger partial charge in [-0.3, -0.25) is 9.58 Å². The van der Waals surface area contributed by atoms with E-state index in [0.29, 0.717) is 19.1 Å². The van der Waals surface area contributed by atoms with E-state index in [1.54, 1.807) is 0 Å². The summed E-state index contributed by atoms with van der Waals surface area (Å²) in [7, 11) is 4.12. The molecule has 5 aromatic rings. The van der Waals surface area contributed by atoms with Crippen molar-refractivity contribution in [3.8, 4) is 0 Å². The lowest BCUT2D eigenvalue weighted by atomic mass is 10.0. The van der Waals surface area contributed by atoms with Crippen LogP contribution in [0.25, 0.3) is 21.8 Å². The zero-order valence-corrected chi connectivity index (χ0v) is 24.6. The predicted octanol–water partition coefficient (Wildman–Crippen LogP) is 4.36. The fourth-order valence-electron chi connectivity index (χ4n) is 6.12. The van der Waals surface area contributed by atoms with Crippen LogP contribution in [0.2, 0.25) is 0 Å². The number of hydrogen-bond acceptors (Lipinski definition) is 8. The fraction of sp³-hybridized carbons (Fsp3) is 0.406. The van der Waals surface area contributed by atoms with E-state index in [-0.39, 0.29) is 6.10 Å². The molecule has 0 amide bonds. The molecule has 1 N–H and O–H groups in total. The molecule has 7 rings (SSSR count). The third kappa shape index (κ3) is 5.33. The maximum absolute atomic E-state index is 6.25. The van der Waals surface area contributed by atoms with E-state index >= 15 is 0 Å². The van der Waals surface area contributed by atoms with E-state index in [1.807, 2.05) is 24.0 Å². The Morgan fingerprint density at radius 1 is 0.952 bits per heavy atom. The summed E-state index contributed by atoms with van der Waals surface area (Å²) < 4.78 is 15.9. The molecule has 2 saturated heterocycles. The molecule has 0 aliphatic carbocycles. The minimum atomic E-state index is -0.0712. The Morgan fingerprint density at radius 3 is 2.71 bits per heavy atom. The summed E-state index contributed by atoms with van der Waals surface area (Å²) in [6, 6.07) is 17.1. The van der Waals surface area contributed by atoms with Gasteiger partial charge in [-0.25, -0.2) is 4.98 Å². The fourth-order valence-corrected chi connectivity index (χ4v) is 6.12. The van der Waals surface area contributed by atoms with Gasteiger partial charge in [-0.2, -0.15) is 10.1 Å². The Kier molecular flexibility index (Phi) is 7.27. The summed E-state index contributed by atoms with van der Waals surface area (Å²) in [4.78, 5) is 14.2. The van der Waals surface area contributed by atoms with Crippen LogP contribution in [0.3, 0.4) is 0 Å². The number of nitrogens with zero attached hydrogens (tertiary/aromatic N) is 7. The van der Waals surface area contributed by atoms with Gasteiger partial charge in [0.2, 0.25) is 5.95 Å². The first-order valence-corrected chi connectivity index (χ1v) is 14.8. The number of aryl methyl sites for hydroxylation is 3. The number of anilines is 3. The second-order valence-corrected chi connectivity index (χ2v) is 11.3. The molecular formula is C32H38N8O2. The van der Waals surface area contributed by atoms with E-state index in [2.05, 4.69) is 81.1 Å². The monoisotopic (exact) mass is 566 g/mol. The van der Waals surface area contributed by atoms with Crippen molar-refractivity contribution in [2.75, 3.05) is 62.8 Å². The normalized spacial score (nSPS) is 18.3. The first-order chi connectivity index (χ1) is 20.5. The molecule has 10 heteroatoms. The van der Waals surface area contributed by atoms with E-state index in [4.69, 9.17) is 19.6 Å². The second kappa shape index (κ2) is 11.4. The summed E-state index contributed by atoms with van der Waals surface area (Å²) in [5.41, 5.74) is 6.86. The highest BCUT2D eigenvalue weighted by molar-refractivity contribution is 5.85. The van der Waals surface area contributed by atoms with Crippen LogP contribution in [-0.2, 0) is 30.0 Å². The number of hydrogen-bond donors (Lipinski definition) is 1. The van der Waals surface area contributed by atoms with Crippen LogP contribution in [0.4, 0.5) is 17.5 Å². The molecule has 0 bridgehead atoms. The smallest absolute Gasteiger partial charge is 0.227 e. The van der Waals surface area contributed by atoms with Crippen molar-refractivity contribution in [3.63, 3.8) is 0 Å². The zero-order chi connectivity index (χ0) is 28.6. The lowest BCUT2D eigenvalue weighted by Crippen LogP contribution is -2.39. The van der Waals surface area contributed by atoms with Gasteiger partial charge in [0.25, 0.3) is 0 Å². The third-order valence-electron chi connectivity index (χ3n) is 8.64. The predicted molar refractivity (Wildman–Crippen MR) is 166 cm³/mol. The zero-order valence-electron chi connectivity index (χ0n) is 24.6. The van der Waals surface area contributed by atoms with Gasteiger partial charge in [-0.05, 0) is 48.2 Å². The molecule has 5 heterocycles. The molecule has 3 aromatic heterocycles. The van der Waals surface area contributed by atoms with Crippen molar-refractivity contribution in [3.05, 3.63) is 71.7 Å². The number of benzene rings is 2. The van der Waals surface area contributed by atoms with Gasteiger partial charge in [-0.15, -0.1) is 0 Å². The molecule has 2 aromatic carbocycles. The Balaban J connectivity index is 1.06. The lowest BCUT2D eigenvalue weighted by molar-refractivity contribution is 0.0383. The average molecular weight is 567 g/mol. The molecule has 1 atom stereocenters. The molecule has 10 nitrogen and oxygen atoms in total. The summed E-state index contributed by atoms with van der Waals surface area (Å²) >= 11 is 0. The minimum absolute atomic E-state index is 0.0712. The second-order valence-electron chi connectivity index (χ2n) is 11.3. The van der Waals surface area contributed by atoms with Crippen LogP contribution in [0, 0.1) is 6.92 Å². The summed E-state index contributed by atoms with van der Waals surface area (Å²) in [6.45, 7) is 8.81. The quantitative estimate of drug-likeness (QED) is 0.311. The van der Waals surface area contributed by atoms with Crippen LogP contribution in [0.5, 0.6) is 0 Å². The number of nitrogens with one attached hydrogen (secondary N) is 1. The molecule has 218 valence electrons. The molecule has 2 aliphatic rings. The third-order valence-corrected chi connectivity index (χ3v) is 8.64. The molecule has 0 radical (unpaired) electrons. The summed E-state index contributed by atoms with van der Waals surface area (Å²) in [6.07, 6.45) is 2.68. The van der Waals surface area contributed by atoms with Crippen molar-refractivity contribution in [1.29, 1.82) is 0 Å². The Hall–Kier alpha value is -3.99. The first kappa shape index (κ1) is 26.9. The highest BCUT2D eigenvalue weighted by atomic mass is 16.5. The number of fused-ring (bicyclic) bond motifs is 2. The standard InChI is InChI=1S/C32H38N8O2/c1-22-18-23-4-6-25(20-28(23)37(22)2)34-31-8-10-33-32(35-31)40-14-17-42-30(21-40)24-5-7-26-27(36-38(3)29(26)19-24)9-11-39-12-15-41-16-13-39/h4-8,10,18-20,30H,9,11-17,21H2,1-3H3,(H,33,34,35). The van der Waals surface area contributed by atoms with Crippen LogP contribution < -0.4 is 10.2 Å². The van der Waals surface area contributed by atoms with Gasteiger partial charge in [-0.1, -0.05) is 18.2 Å². The van der Waals surface area contributed by atoms with Crippen molar-refractivity contribution in [1.82, 2.24) is 29.2 Å². The van der Waals surface area contributed by atoms with Crippen molar-refractivity contribution >= 4 is 39.3 Å². The molecule has 2 aliphatic heterocycles. The van der Waals surface area contributed by atoms with Crippen molar-refractivity contribution in [2.24, 2.45) is 14.1 Å². The van der Waals surface area contributed by atoms with Gasteiger partial charge in [0.1, 0.15) is 11.9 Å². The van der Waals surface area contributed by atoms with E-state index < -0.39 is 0 Å². The SMILES string of the molecule is Cc1cc2ccc(Nc3ccnc(N4CCOC(c5ccc6c(CCN7CCOCC7)nn(C)c6c5)C4)n3)cc2n1C. The van der Waals surface area contributed by atoms with Crippen LogP contribution in [0.15, 0.2) is 54.7 Å². The molecule has 1 unspecified atom stereocenters. The Labute approximate surface area is 245 Å². The summed E-state index contributed by atoms with van der Waals surface area (Å²) in [5.74, 6) is 1.48. The maximum Gasteiger partial charge on any atom is 0.227 e. The van der Waals surface area contributed by atoms with Gasteiger partial charge in [0.15, 0.2) is 0 Å². The van der Waals surface area contributed by atoms with E-state index in [1.165, 1.54) is 22.0 Å². The highest BCUT2D eigenvalue weighted by Gasteiger charge is 2.25. The number of ether oxygens (including phenoxy) is 2. The number of rotatable bonds is 7. The molecule has 42 heavy (non-hydrogen) atoms. The highest BCUT2D eigenvalue weighted by Crippen LogP contribution is 2.30. The number of aromatic nitrogens is 5. The van der Waals surface area contributed by atoms with Gasteiger partial charge >= 0.3 is 0 Å². The largest absolute Gasteiger partial charge is 0.379 e. The van der Waals surface area contributed by atoms with Gasteiger partial charge < -0.3 is 24.3 Å².